The Kier molecular flexibility index (Phi) is 28.3. The van der Waals surface area contributed by atoms with E-state index in [-0.39, 0.29) is 23.8 Å². The highest BCUT2D eigenvalue weighted by molar-refractivity contribution is 7.99. The minimum atomic E-state index is -0.816. The molecule has 244 valence electrons. The fraction of sp³-hybridized carbons (Fsp3) is 0.519. The number of methoxy groups -OCH3 is 4. The third-order valence-corrected chi connectivity index (χ3v) is 5.59. The average molecular weight is 651 g/mol. The Bertz CT molecular complexity index is 956. The van der Waals surface area contributed by atoms with E-state index < -0.39 is 17.0 Å². The van der Waals surface area contributed by atoms with Crippen LogP contribution in [0.5, 0.6) is 0 Å². The van der Waals surface area contributed by atoms with Gasteiger partial charge in [0.1, 0.15) is 6.61 Å². The Labute approximate surface area is 261 Å². The number of nitro groups is 1. The summed E-state index contributed by atoms with van der Waals surface area (Å²) in [6, 6.07) is 5.19. The highest BCUT2D eigenvalue weighted by atomic mass is 32.2. The number of hydrogen-bond donors (Lipinski definition) is 2. The number of nitrogens with zero attached hydrogens (tertiary/aromatic N) is 1. The molecule has 0 spiro atoms. The number of nitrogens with one attached hydrogen (secondary N) is 1. The predicted molar refractivity (Wildman–Crippen MR) is 167 cm³/mol. The molecule has 0 aliphatic rings. The zero-order valence-electron chi connectivity index (χ0n) is 25.0. The van der Waals surface area contributed by atoms with Crippen molar-refractivity contribution < 1.29 is 52.5 Å². The number of rotatable bonds is 19. The van der Waals surface area contributed by atoms with Crippen LogP contribution in [-0.4, -0.2) is 115 Å². The molecule has 0 heterocycles. The molecule has 0 fully saturated rings. The summed E-state index contributed by atoms with van der Waals surface area (Å²) in [5, 5.41) is 12.8. The summed E-state index contributed by atoms with van der Waals surface area (Å²) in [4.78, 5) is 43.2. The van der Waals surface area contributed by atoms with Gasteiger partial charge in [0.05, 0.1) is 64.4 Å². The van der Waals surface area contributed by atoms with E-state index in [1.54, 1.807) is 26.0 Å². The number of hydrogen-bond acceptors (Lipinski definition) is 14. The number of non-ortho nitro benzene ring substituents is 1. The maximum Gasteiger partial charge on any atom is 0.411 e. The van der Waals surface area contributed by atoms with Crippen molar-refractivity contribution in [2.75, 3.05) is 97.3 Å². The van der Waals surface area contributed by atoms with Gasteiger partial charge in [0.15, 0.2) is 0 Å². The van der Waals surface area contributed by atoms with E-state index in [4.69, 9.17) is 23.7 Å². The second-order valence-electron chi connectivity index (χ2n) is 7.68. The summed E-state index contributed by atoms with van der Waals surface area (Å²) >= 11 is 5.55. The largest absolute Gasteiger partial charge is 0.466 e. The summed E-state index contributed by atoms with van der Waals surface area (Å²) in [5.41, 5.74) is 0.706. The molecular formula is C27H42N2O12S2. The standard InChI is InChI=1S/C12H12N2O6.C10H18O4S.C5H12O2S/c1-8(11(15)19-2)7-20-12(16)13-9-3-5-10(6-4-9)14(17)18;1-9(10(11)13-3)8-15-7-6-14-5-4-12-2;1-6-2-3-7-4-5-8/h3-6H,1,7H2,2H3,(H,13,16);1,4-8H2,2-3H3;8H,2-5H2,1H3. The summed E-state index contributed by atoms with van der Waals surface area (Å²) in [6.07, 6.45) is -0.816. The minimum Gasteiger partial charge on any atom is -0.466 e. The van der Waals surface area contributed by atoms with Gasteiger partial charge in [-0.1, -0.05) is 13.2 Å². The number of amides is 1. The molecule has 14 nitrogen and oxygen atoms in total. The van der Waals surface area contributed by atoms with E-state index in [1.807, 2.05) is 0 Å². The molecule has 0 saturated heterocycles. The van der Waals surface area contributed by atoms with Gasteiger partial charge in [-0.2, -0.15) is 24.4 Å². The van der Waals surface area contributed by atoms with Crippen molar-refractivity contribution in [1.82, 2.24) is 0 Å². The lowest BCUT2D eigenvalue weighted by Gasteiger charge is -2.07. The topological polar surface area (TPSA) is 171 Å². The van der Waals surface area contributed by atoms with Gasteiger partial charge in [0.2, 0.25) is 0 Å². The quantitative estimate of drug-likeness (QED) is 0.0424. The maximum absolute atomic E-state index is 11.4. The fourth-order valence-electron chi connectivity index (χ4n) is 2.25. The lowest BCUT2D eigenvalue weighted by molar-refractivity contribution is -0.384. The van der Waals surface area contributed by atoms with E-state index >= 15 is 0 Å². The number of ether oxygens (including phenoxy) is 7. The molecule has 0 radical (unpaired) electrons. The Balaban J connectivity index is 0. The van der Waals surface area contributed by atoms with Crippen LogP contribution in [0.4, 0.5) is 16.2 Å². The average Bonchev–Trinajstić information content (AvgIpc) is 3.01. The number of carbonyl (C=O) groups excluding carboxylic acids is 3. The summed E-state index contributed by atoms with van der Waals surface area (Å²) < 4.78 is 33.5. The third kappa shape index (κ3) is 25.1. The van der Waals surface area contributed by atoms with Crippen molar-refractivity contribution >= 4 is 53.8 Å². The van der Waals surface area contributed by atoms with Crippen molar-refractivity contribution in [2.24, 2.45) is 0 Å². The van der Waals surface area contributed by atoms with E-state index in [1.165, 1.54) is 38.5 Å². The molecule has 1 aromatic rings. The first-order valence-electron chi connectivity index (χ1n) is 12.6. The molecule has 0 aliphatic heterocycles. The van der Waals surface area contributed by atoms with Crippen molar-refractivity contribution in [3.63, 3.8) is 0 Å². The highest BCUT2D eigenvalue weighted by Gasteiger charge is 2.11. The number of nitro benzene ring substituents is 1. The van der Waals surface area contributed by atoms with E-state index in [2.05, 4.69) is 40.6 Å². The highest BCUT2D eigenvalue weighted by Crippen LogP contribution is 2.15. The zero-order valence-corrected chi connectivity index (χ0v) is 26.7. The second-order valence-corrected chi connectivity index (χ2v) is 9.23. The maximum atomic E-state index is 11.4. The second kappa shape index (κ2) is 28.9. The lowest BCUT2D eigenvalue weighted by atomic mass is 10.3. The number of anilines is 1. The fourth-order valence-corrected chi connectivity index (χ4v) is 3.12. The van der Waals surface area contributed by atoms with Crippen LogP contribution in [0.15, 0.2) is 48.6 Å². The minimum absolute atomic E-state index is 0.00801. The molecule has 16 heteroatoms. The van der Waals surface area contributed by atoms with Crippen molar-refractivity contribution in [3.05, 3.63) is 58.7 Å². The van der Waals surface area contributed by atoms with Gasteiger partial charge >= 0.3 is 18.0 Å². The molecule has 0 saturated carbocycles. The van der Waals surface area contributed by atoms with Crippen LogP contribution in [0, 0.1) is 10.1 Å². The van der Waals surface area contributed by atoms with Crippen molar-refractivity contribution in [1.29, 1.82) is 0 Å². The molecule has 1 aromatic carbocycles. The third-order valence-electron chi connectivity index (χ3n) is 4.40. The molecule has 1 rings (SSSR count). The molecule has 0 bridgehead atoms. The molecule has 0 aliphatic carbocycles. The van der Waals surface area contributed by atoms with E-state index in [9.17, 15) is 24.5 Å². The van der Waals surface area contributed by atoms with Crippen LogP contribution in [0.1, 0.15) is 0 Å². The molecule has 0 aromatic heterocycles. The van der Waals surface area contributed by atoms with Gasteiger partial charge in [0, 0.05) is 54.9 Å². The van der Waals surface area contributed by atoms with Gasteiger partial charge in [-0.15, -0.1) is 0 Å². The van der Waals surface area contributed by atoms with Crippen LogP contribution in [0.25, 0.3) is 0 Å². The number of esters is 2. The van der Waals surface area contributed by atoms with E-state index in [0.717, 1.165) is 11.5 Å². The SMILES string of the molecule is C=C(COC(=O)Nc1ccc([N+](=O)[O-])cc1)C(=O)OC.C=C(CSCCOCCOC)C(=O)OC.COCCOCCS. The molecule has 43 heavy (non-hydrogen) atoms. The first-order chi connectivity index (χ1) is 20.6. The number of carbonyl (C=O) groups is 3. The van der Waals surface area contributed by atoms with Crippen LogP contribution >= 0.6 is 24.4 Å². The molecular weight excluding hydrogens is 608 g/mol. The van der Waals surface area contributed by atoms with E-state index in [0.29, 0.717) is 56.7 Å². The molecule has 0 unspecified atom stereocenters. The number of benzene rings is 1. The van der Waals surface area contributed by atoms with Crippen LogP contribution in [-0.2, 0) is 42.7 Å². The predicted octanol–water partition coefficient (Wildman–Crippen LogP) is 3.56. The normalized spacial score (nSPS) is 9.70. The zero-order chi connectivity index (χ0) is 32.9. The van der Waals surface area contributed by atoms with Crippen LogP contribution in [0.2, 0.25) is 0 Å². The molecule has 1 N–H and O–H groups in total. The summed E-state index contributed by atoms with van der Waals surface area (Å²) in [5.74, 6) is 1.18. The Morgan fingerprint density at radius 1 is 0.860 bits per heavy atom. The molecule has 1 amide bonds. The van der Waals surface area contributed by atoms with Gasteiger partial charge in [-0.3, -0.25) is 15.4 Å². The van der Waals surface area contributed by atoms with Gasteiger partial charge < -0.3 is 33.2 Å². The number of thioether (sulfide) groups is 1. The van der Waals surface area contributed by atoms with Gasteiger partial charge in [0.25, 0.3) is 5.69 Å². The Morgan fingerprint density at radius 2 is 1.40 bits per heavy atom. The lowest BCUT2D eigenvalue weighted by Crippen LogP contribution is -2.18. The first kappa shape index (κ1) is 42.0. The summed E-state index contributed by atoms with van der Waals surface area (Å²) in [7, 11) is 5.83. The smallest absolute Gasteiger partial charge is 0.411 e. The van der Waals surface area contributed by atoms with Crippen LogP contribution in [0.3, 0.4) is 0 Å². The van der Waals surface area contributed by atoms with Gasteiger partial charge in [-0.25, -0.2) is 14.4 Å². The monoisotopic (exact) mass is 650 g/mol. The first-order valence-corrected chi connectivity index (χ1v) is 14.4. The Morgan fingerprint density at radius 3 is 1.88 bits per heavy atom. The summed E-state index contributed by atoms with van der Waals surface area (Å²) in [6.45, 7) is 10.6. The van der Waals surface area contributed by atoms with Crippen molar-refractivity contribution in [3.8, 4) is 0 Å². The molecule has 0 atom stereocenters. The number of thiol groups is 1. The van der Waals surface area contributed by atoms with Crippen LogP contribution < -0.4 is 5.32 Å². The van der Waals surface area contributed by atoms with Crippen molar-refractivity contribution in [2.45, 2.75) is 0 Å². The van der Waals surface area contributed by atoms with Gasteiger partial charge in [-0.05, 0) is 12.1 Å². The Hall–Kier alpha value is -3.15.